The number of fused-ring (bicyclic) bond motifs is 1. The fourth-order valence-electron chi connectivity index (χ4n) is 4.42. The third kappa shape index (κ3) is 4.76. The number of ether oxygens (including phenoxy) is 2. The van der Waals surface area contributed by atoms with Gasteiger partial charge in [0.15, 0.2) is 11.5 Å². The second kappa shape index (κ2) is 9.11. The maximum atomic E-state index is 13.0. The molecule has 0 radical (unpaired) electrons. The number of amides is 1. The number of sulfonamides is 1. The monoisotopic (exact) mass is 458 g/mol. The molecule has 32 heavy (non-hydrogen) atoms. The van der Waals surface area contributed by atoms with Crippen LogP contribution >= 0.6 is 0 Å². The first-order chi connectivity index (χ1) is 15.2. The molecule has 1 saturated heterocycles. The topological polar surface area (TPSA) is 84.9 Å². The highest BCUT2D eigenvalue weighted by Crippen LogP contribution is 2.32. The van der Waals surface area contributed by atoms with Crippen LogP contribution in [0, 0.1) is 11.8 Å². The van der Waals surface area contributed by atoms with Crippen molar-refractivity contribution in [3.63, 3.8) is 0 Å². The lowest BCUT2D eigenvalue weighted by Gasteiger charge is -2.34. The Morgan fingerprint density at radius 2 is 1.62 bits per heavy atom. The van der Waals surface area contributed by atoms with Gasteiger partial charge in [-0.1, -0.05) is 19.9 Å². The minimum atomic E-state index is -3.57. The lowest BCUT2D eigenvalue weighted by atomic mass is 9.94. The maximum absolute atomic E-state index is 13.0. The van der Waals surface area contributed by atoms with Crippen LogP contribution in [0.15, 0.2) is 47.4 Å². The average Bonchev–Trinajstić information content (AvgIpc) is 2.78. The van der Waals surface area contributed by atoms with Crippen LogP contribution in [0.1, 0.15) is 49.2 Å². The molecule has 0 saturated carbocycles. The van der Waals surface area contributed by atoms with Crippen molar-refractivity contribution in [2.75, 3.05) is 26.3 Å². The van der Waals surface area contributed by atoms with Crippen molar-refractivity contribution >= 4 is 15.9 Å². The van der Waals surface area contributed by atoms with Crippen LogP contribution in [-0.4, -0.2) is 44.9 Å². The molecular formula is C24H30N2O5S. The van der Waals surface area contributed by atoms with Crippen molar-refractivity contribution in [1.82, 2.24) is 9.62 Å². The molecule has 1 amide bonds. The molecule has 4 rings (SSSR count). The molecule has 1 fully saturated rings. The summed E-state index contributed by atoms with van der Waals surface area (Å²) in [4.78, 5) is 13.0. The summed E-state index contributed by atoms with van der Waals surface area (Å²) in [5.41, 5.74) is 1.31. The fourth-order valence-corrected chi connectivity index (χ4v) is 6.10. The number of benzene rings is 2. The van der Waals surface area contributed by atoms with Crippen molar-refractivity contribution in [3.8, 4) is 11.5 Å². The molecule has 0 spiro atoms. The van der Waals surface area contributed by atoms with Crippen LogP contribution in [0.4, 0.5) is 0 Å². The molecular weight excluding hydrogens is 428 g/mol. The van der Waals surface area contributed by atoms with Crippen molar-refractivity contribution in [1.29, 1.82) is 0 Å². The molecule has 2 aliphatic rings. The van der Waals surface area contributed by atoms with Crippen molar-refractivity contribution in [2.45, 2.75) is 38.1 Å². The zero-order chi connectivity index (χ0) is 22.9. The van der Waals surface area contributed by atoms with Crippen LogP contribution in [0.5, 0.6) is 11.5 Å². The van der Waals surface area contributed by atoms with Crippen molar-refractivity contribution in [2.24, 2.45) is 11.8 Å². The Balaban J connectivity index is 1.44. The molecule has 0 aromatic heterocycles. The summed E-state index contributed by atoms with van der Waals surface area (Å²) in [6.45, 7) is 8.13. The van der Waals surface area contributed by atoms with E-state index in [1.807, 2.05) is 25.1 Å². The molecule has 0 aliphatic carbocycles. The number of piperidine rings is 1. The number of carbonyl (C=O) groups excluding carboxylic acids is 1. The summed E-state index contributed by atoms with van der Waals surface area (Å²) in [5.74, 6) is 1.77. The molecule has 7 nitrogen and oxygen atoms in total. The molecule has 172 valence electrons. The summed E-state index contributed by atoms with van der Waals surface area (Å²) >= 11 is 0. The lowest BCUT2D eigenvalue weighted by Crippen LogP contribution is -2.42. The Labute approximate surface area is 189 Å². The summed E-state index contributed by atoms with van der Waals surface area (Å²) in [7, 11) is -3.57. The SMILES string of the molecule is CC1CC(C)CN(S(=O)(=O)c2ccc(C(=O)NC(C)c3ccc4c(c3)OCCO4)cc2)C1. The van der Waals surface area contributed by atoms with E-state index in [0.29, 0.717) is 55.2 Å². The van der Waals surface area contributed by atoms with E-state index in [-0.39, 0.29) is 16.8 Å². The number of nitrogens with zero attached hydrogens (tertiary/aromatic N) is 1. The van der Waals surface area contributed by atoms with E-state index in [1.54, 1.807) is 16.4 Å². The Morgan fingerprint density at radius 1 is 1.00 bits per heavy atom. The van der Waals surface area contributed by atoms with Gasteiger partial charge in [-0.15, -0.1) is 0 Å². The lowest BCUT2D eigenvalue weighted by molar-refractivity contribution is 0.0939. The highest BCUT2D eigenvalue weighted by atomic mass is 32.2. The average molecular weight is 459 g/mol. The first-order valence-electron chi connectivity index (χ1n) is 11.0. The van der Waals surface area contributed by atoms with Gasteiger partial charge < -0.3 is 14.8 Å². The highest BCUT2D eigenvalue weighted by Gasteiger charge is 2.31. The van der Waals surface area contributed by atoms with Gasteiger partial charge in [0, 0.05) is 18.7 Å². The predicted molar refractivity (Wildman–Crippen MR) is 121 cm³/mol. The van der Waals surface area contributed by atoms with Crippen LogP contribution in [0.25, 0.3) is 0 Å². The van der Waals surface area contributed by atoms with Gasteiger partial charge in [0.25, 0.3) is 5.91 Å². The van der Waals surface area contributed by atoms with Gasteiger partial charge in [0.05, 0.1) is 10.9 Å². The largest absolute Gasteiger partial charge is 0.486 e. The highest BCUT2D eigenvalue weighted by molar-refractivity contribution is 7.89. The van der Waals surface area contributed by atoms with Crippen LogP contribution < -0.4 is 14.8 Å². The van der Waals surface area contributed by atoms with Gasteiger partial charge in [0.2, 0.25) is 10.0 Å². The number of carbonyl (C=O) groups is 1. The Kier molecular flexibility index (Phi) is 6.44. The molecule has 3 unspecified atom stereocenters. The smallest absolute Gasteiger partial charge is 0.251 e. The van der Waals surface area contributed by atoms with Gasteiger partial charge >= 0.3 is 0 Å². The van der Waals surface area contributed by atoms with Crippen molar-refractivity contribution < 1.29 is 22.7 Å². The Bertz CT molecular complexity index is 1070. The molecule has 0 bridgehead atoms. The molecule has 2 heterocycles. The quantitative estimate of drug-likeness (QED) is 0.740. The standard InChI is InChI=1S/C24H30N2O5S/c1-16-12-17(2)15-26(14-16)32(28,29)21-7-4-19(5-8-21)24(27)25-18(3)20-6-9-22-23(13-20)31-11-10-30-22/h4-9,13,16-18H,10-12,14-15H2,1-3H3,(H,25,27). The van der Waals surface area contributed by atoms with E-state index in [2.05, 4.69) is 19.2 Å². The van der Waals surface area contributed by atoms with Gasteiger partial charge in [-0.2, -0.15) is 4.31 Å². The third-order valence-corrected chi connectivity index (χ3v) is 7.85. The predicted octanol–water partition coefficient (Wildman–Crippen LogP) is 3.62. The minimum Gasteiger partial charge on any atom is -0.486 e. The first kappa shape index (κ1) is 22.6. The van der Waals surface area contributed by atoms with Crippen LogP contribution in [0.2, 0.25) is 0 Å². The van der Waals surface area contributed by atoms with E-state index in [1.165, 1.54) is 12.1 Å². The zero-order valence-electron chi connectivity index (χ0n) is 18.7. The Morgan fingerprint density at radius 3 is 2.28 bits per heavy atom. The summed E-state index contributed by atoms with van der Waals surface area (Å²) in [6, 6.07) is 11.5. The molecule has 8 heteroatoms. The fraction of sp³-hybridized carbons (Fsp3) is 0.458. The second-order valence-corrected chi connectivity index (χ2v) is 10.8. The Hall–Kier alpha value is -2.58. The van der Waals surface area contributed by atoms with E-state index in [9.17, 15) is 13.2 Å². The van der Waals surface area contributed by atoms with E-state index in [0.717, 1.165) is 12.0 Å². The van der Waals surface area contributed by atoms with E-state index in [4.69, 9.17) is 9.47 Å². The number of hydrogen-bond acceptors (Lipinski definition) is 5. The van der Waals surface area contributed by atoms with Gasteiger partial charge in [-0.05, 0) is 67.1 Å². The van der Waals surface area contributed by atoms with Crippen molar-refractivity contribution in [3.05, 3.63) is 53.6 Å². The zero-order valence-corrected chi connectivity index (χ0v) is 19.5. The summed E-state index contributed by atoms with van der Waals surface area (Å²) in [6.07, 6.45) is 1.03. The normalized spacial score (nSPS) is 22.2. The molecule has 2 aromatic rings. The maximum Gasteiger partial charge on any atom is 0.251 e. The van der Waals surface area contributed by atoms with Gasteiger partial charge in [-0.25, -0.2) is 8.42 Å². The summed E-state index contributed by atoms with van der Waals surface area (Å²) < 4.78 is 38.8. The minimum absolute atomic E-state index is 0.218. The third-order valence-electron chi connectivity index (χ3n) is 6.00. The molecule has 2 aromatic carbocycles. The number of rotatable bonds is 5. The van der Waals surface area contributed by atoms with E-state index >= 15 is 0 Å². The molecule has 3 atom stereocenters. The molecule has 1 N–H and O–H groups in total. The second-order valence-electron chi connectivity index (χ2n) is 8.89. The van der Waals surface area contributed by atoms with Crippen LogP contribution in [0.3, 0.4) is 0 Å². The number of hydrogen-bond donors (Lipinski definition) is 1. The number of nitrogens with one attached hydrogen (secondary N) is 1. The molecule has 2 aliphatic heterocycles. The van der Waals surface area contributed by atoms with Gasteiger partial charge in [0.1, 0.15) is 13.2 Å². The van der Waals surface area contributed by atoms with Gasteiger partial charge in [-0.3, -0.25) is 4.79 Å². The van der Waals surface area contributed by atoms with Crippen LogP contribution in [-0.2, 0) is 10.0 Å². The van der Waals surface area contributed by atoms with E-state index < -0.39 is 10.0 Å². The first-order valence-corrected chi connectivity index (χ1v) is 12.5. The summed E-state index contributed by atoms with van der Waals surface area (Å²) in [5, 5.41) is 2.96.